The van der Waals surface area contributed by atoms with Gasteiger partial charge in [0.2, 0.25) is 5.91 Å². The molecule has 0 unspecified atom stereocenters. The van der Waals surface area contributed by atoms with Gasteiger partial charge in [0, 0.05) is 36.8 Å². The van der Waals surface area contributed by atoms with E-state index in [2.05, 4.69) is 4.98 Å². The summed E-state index contributed by atoms with van der Waals surface area (Å²) in [6.07, 6.45) is 2.46. The van der Waals surface area contributed by atoms with Crippen LogP contribution >= 0.6 is 11.8 Å². The molecule has 0 saturated heterocycles. The maximum Gasteiger partial charge on any atom is 0.232 e. The topological polar surface area (TPSA) is 33.2 Å². The fourth-order valence-corrected chi connectivity index (χ4v) is 2.64. The molecule has 0 bridgehead atoms. The Morgan fingerprint density at radius 1 is 1.24 bits per heavy atom. The smallest absolute Gasteiger partial charge is 0.232 e. The van der Waals surface area contributed by atoms with Crippen molar-refractivity contribution in [1.29, 1.82) is 0 Å². The van der Waals surface area contributed by atoms with Gasteiger partial charge < -0.3 is 4.90 Å². The third kappa shape index (κ3) is 4.86. The quantitative estimate of drug-likeness (QED) is 0.769. The van der Waals surface area contributed by atoms with Gasteiger partial charge in [-0.15, -0.1) is 11.8 Å². The number of halogens is 1. The minimum atomic E-state index is -0.286. The van der Waals surface area contributed by atoms with Gasteiger partial charge in [-0.3, -0.25) is 9.78 Å². The van der Waals surface area contributed by atoms with Crippen LogP contribution in [-0.4, -0.2) is 35.1 Å². The molecule has 3 nitrogen and oxygen atoms in total. The molecular weight excluding hydrogens is 287 g/mol. The van der Waals surface area contributed by atoms with Gasteiger partial charge in [-0.1, -0.05) is 18.2 Å². The average Bonchev–Trinajstić information content (AvgIpc) is 2.52. The molecule has 1 amide bonds. The zero-order valence-corrected chi connectivity index (χ0v) is 12.6. The van der Waals surface area contributed by atoms with Crippen molar-refractivity contribution >= 4 is 17.7 Å². The van der Waals surface area contributed by atoms with Crippen molar-refractivity contribution in [2.24, 2.45) is 0 Å². The van der Waals surface area contributed by atoms with Crippen LogP contribution < -0.4 is 0 Å². The van der Waals surface area contributed by atoms with E-state index in [0.29, 0.717) is 17.9 Å². The Hall–Kier alpha value is -1.88. The van der Waals surface area contributed by atoms with E-state index < -0.39 is 0 Å². The molecule has 2 rings (SSSR count). The highest BCUT2D eigenvalue weighted by Crippen LogP contribution is 2.21. The number of aromatic nitrogens is 1. The molecule has 0 radical (unpaired) electrons. The van der Waals surface area contributed by atoms with Crippen molar-refractivity contribution in [3.05, 3.63) is 60.2 Å². The maximum atomic E-state index is 13.5. The number of rotatable bonds is 6. The number of pyridine rings is 1. The number of likely N-dealkylation sites (N-methyl/N-ethyl adjacent to an activating group) is 1. The number of carbonyl (C=O) groups is 1. The number of benzene rings is 1. The van der Waals surface area contributed by atoms with Gasteiger partial charge in [-0.25, -0.2) is 4.39 Å². The zero-order valence-electron chi connectivity index (χ0n) is 11.8. The number of amides is 1. The molecule has 110 valence electrons. The van der Waals surface area contributed by atoms with Crippen molar-refractivity contribution in [2.75, 3.05) is 19.3 Å². The molecule has 2 aromatic rings. The van der Waals surface area contributed by atoms with Crippen LogP contribution in [0.15, 0.2) is 53.6 Å². The molecule has 0 saturated carbocycles. The average molecular weight is 304 g/mol. The first-order valence-corrected chi connectivity index (χ1v) is 7.66. The second kappa shape index (κ2) is 7.78. The van der Waals surface area contributed by atoms with Crippen LogP contribution in [0.3, 0.4) is 0 Å². The lowest BCUT2D eigenvalue weighted by molar-refractivity contribution is -0.127. The molecule has 0 aliphatic heterocycles. The van der Waals surface area contributed by atoms with Crippen LogP contribution in [0.2, 0.25) is 0 Å². The lowest BCUT2D eigenvalue weighted by Gasteiger charge is -2.16. The van der Waals surface area contributed by atoms with E-state index in [4.69, 9.17) is 0 Å². The fourth-order valence-electron chi connectivity index (χ4n) is 1.76. The molecule has 0 N–H and O–H groups in total. The van der Waals surface area contributed by atoms with Gasteiger partial charge in [-0.05, 0) is 24.3 Å². The van der Waals surface area contributed by atoms with Crippen LogP contribution in [0.4, 0.5) is 4.39 Å². The fraction of sp³-hybridized carbons (Fsp3) is 0.250. The molecule has 5 heteroatoms. The maximum absolute atomic E-state index is 13.5. The molecular formula is C16H17FN2OS. The Balaban J connectivity index is 1.79. The molecule has 0 fully saturated rings. The third-order valence-electron chi connectivity index (χ3n) is 3.04. The monoisotopic (exact) mass is 304 g/mol. The lowest BCUT2D eigenvalue weighted by Crippen LogP contribution is -2.30. The number of carbonyl (C=O) groups excluding carboxylic acids is 1. The van der Waals surface area contributed by atoms with Gasteiger partial charge in [0.25, 0.3) is 0 Å². The molecule has 0 atom stereocenters. The Kier molecular flexibility index (Phi) is 5.75. The highest BCUT2D eigenvalue weighted by molar-refractivity contribution is 8.00. The molecule has 0 spiro atoms. The second-order valence-electron chi connectivity index (χ2n) is 4.61. The summed E-state index contributed by atoms with van der Waals surface area (Å²) in [5.74, 6) is -0.0646. The van der Waals surface area contributed by atoms with Gasteiger partial charge in [0.15, 0.2) is 0 Å². The Bertz CT molecular complexity index is 592. The molecule has 1 heterocycles. The Morgan fingerprint density at radius 2 is 2.00 bits per heavy atom. The predicted octanol–water partition coefficient (Wildman–Crippen LogP) is 3.01. The number of thioether (sulfide) groups is 1. The lowest BCUT2D eigenvalue weighted by atomic mass is 10.2. The normalized spacial score (nSPS) is 10.4. The van der Waals surface area contributed by atoms with Crippen LogP contribution in [-0.2, 0) is 11.2 Å². The van der Waals surface area contributed by atoms with Gasteiger partial charge >= 0.3 is 0 Å². The van der Waals surface area contributed by atoms with Gasteiger partial charge in [0.05, 0.1) is 5.75 Å². The van der Waals surface area contributed by atoms with E-state index >= 15 is 0 Å². The van der Waals surface area contributed by atoms with Crippen molar-refractivity contribution in [2.45, 2.75) is 11.3 Å². The van der Waals surface area contributed by atoms with E-state index in [1.165, 1.54) is 17.8 Å². The van der Waals surface area contributed by atoms with E-state index in [-0.39, 0.29) is 17.5 Å². The number of hydrogen-bond donors (Lipinski definition) is 0. The summed E-state index contributed by atoms with van der Waals surface area (Å²) in [5, 5.41) is 0. The molecule has 0 aliphatic rings. The number of nitrogens with zero attached hydrogens (tertiary/aromatic N) is 2. The van der Waals surface area contributed by atoms with Crippen LogP contribution in [0.5, 0.6) is 0 Å². The summed E-state index contributed by atoms with van der Waals surface area (Å²) in [5.41, 5.74) is 0.957. The first kappa shape index (κ1) is 15.5. The molecule has 1 aromatic carbocycles. The second-order valence-corrected chi connectivity index (χ2v) is 5.62. The Labute approximate surface area is 128 Å². The molecule has 0 aliphatic carbocycles. The minimum Gasteiger partial charge on any atom is -0.345 e. The van der Waals surface area contributed by atoms with Crippen molar-refractivity contribution in [1.82, 2.24) is 9.88 Å². The van der Waals surface area contributed by atoms with Gasteiger partial charge in [-0.2, -0.15) is 0 Å². The summed E-state index contributed by atoms with van der Waals surface area (Å²) in [7, 11) is 1.76. The summed E-state index contributed by atoms with van der Waals surface area (Å²) in [6.45, 7) is 0.605. The predicted molar refractivity (Wildman–Crippen MR) is 82.7 cm³/mol. The highest BCUT2D eigenvalue weighted by Gasteiger charge is 2.11. The van der Waals surface area contributed by atoms with Crippen LogP contribution in [0, 0.1) is 5.82 Å². The summed E-state index contributed by atoms with van der Waals surface area (Å²) >= 11 is 1.22. The number of hydrogen-bond acceptors (Lipinski definition) is 3. The highest BCUT2D eigenvalue weighted by atomic mass is 32.2. The standard InChI is InChI=1S/C16H17FN2OS/c1-19(11-9-13-6-4-5-10-18-13)16(20)12-21-15-8-3-2-7-14(15)17/h2-8,10H,9,11-12H2,1H3. The minimum absolute atomic E-state index is 0.0146. The molecule has 1 aromatic heterocycles. The third-order valence-corrected chi connectivity index (χ3v) is 4.08. The summed E-state index contributed by atoms with van der Waals surface area (Å²) in [4.78, 5) is 18.4. The Morgan fingerprint density at radius 3 is 2.71 bits per heavy atom. The van der Waals surface area contributed by atoms with E-state index in [1.54, 1.807) is 36.3 Å². The van der Waals surface area contributed by atoms with Crippen molar-refractivity contribution < 1.29 is 9.18 Å². The zero-order chi connectivity index (χ0) is 15.1. The SMILES string of the molecule is CN(CCc1ccccn1)C(=O)CSc1ccccc1F. The summed E-state index contributed by atoms with van der Waals surface area (Å²) in [6, 6.07) is 12.2. The van der Waals surface area contributed by atoms with Crippen LogP contribution in [0.25, 0.3) is 0 Å². The van der Waals surface area contributed by atoms with E-state index in [1.807, 2.05) is 18.2 Å². The van der Waals surface area contributed by atoms with Crippen molar-refractivity contribution in [3.8, 4) is 0 Å². The van der Waals surface area contributed by atoms with E-state index in [0.717, 1.165) is 5.69 Å². The van der Waals surface area contributed by atoms with E-state index in [9.17, 15) is 9.18 Å². The van der Waals surface area contributed by atoms with Crippen LogP contribution in [0.1, 0.15) is 5.69 Å². The van der Waals surface area contributed by atoms with Gasteiger partial charge in [0.1, 0.15) is 5.82 Å². The van der Waals surface area contributed by atoms with Crippen molar-refractivity contribution in [3.63, 3.8) is 0 Å². The summed E-state index contributed by atoms with van der Waals surface area (Å²) < 4.78 is 13.5. The first-order chi connectivity index (χ1) is 10.2. The first-order valence-electron chi connectivity index (χ1n) is 6.68. The molecule has 21 heavy (non-hydrogen) atoms. The largest absolute Gasteiger partial charge is 0.345 e.